The number of nitrogen functional groups attached to an aromatic ring is 1. The first-order chi connectivity index (χ1) is 9.47. The van der Waals surface area contributed by atoms with E-state index in [1.807, 2.05) is 0 Å². The maximum atomic E-state index is 10.9. The van der Waals surface area contributed by atoms with E-state index in [9.17, 15) is 10.1 Å². The second-order valence-electron chi connectivity index (χ2n) is 3.98. The molecule has 0 fully saturated rings. The van der Waals surface area contributed by atoms with Gasteiger partial charge in [-0.3, -0.25) is 15.5 Å². The molecule has 8 heteroatoms. The monoisotopic (exact) mass is 273 g/mol. The van der Waals surface area contributed by atoms with Crippen LogP contribution < -0.4 is 10.5 Å². The third kappa shape index (κ3) is 2.86. The molecule has 20 heavy (non-hydrogen) atoms. The van der Waals surface area contributed by atoms with Crippen LogP contribution in [0, 0.1) is 22.4 Å². The zero-order valence-corrected chi connectivity index (χ0v) is 10.5. The van der Waals surface area contributed by atoms with E-state index < -0.39 is 4.92 Å². The largest absolute Gasteiger partial charge is 0.430 e. The van der Waals surface area contributed by atoms with Crippen LogP contribution in [0.5, 0.6) is 11.6 Å². The molecule has 3 N–H and O–H groups in total. The van der Waals surface area contributed by atoms with E-state index in [0.717, 1.165) is 5.56 Å². The Hall–Kier alpha value is -3.03. The number of nitrogens with one attached hydrogen (secondary N) is 1. The van der Waals surface area contributed by atoms with E-state index in [4.69, 9.17) is 15.9 Å². The van der Waals surface area contributed by atoms with Crippen LogP contribution >= 0.6 is 0 Å². The van der Waals surface area contributed by atoms with E-state index >= 15 is 0 Å². The van der Waals surface area contributed by atoms with Gasteiger partial charge in [0.15, 0.2) is 0 Å². The van der Waals surface area contributed by atoms with Gasteiger partial charge >= 0.3 is 5.69 Å². The van der Waals surface area contributed by atoms with Crippen molar-refractivity contribution in [2.45, 2.75) is 6.92 Å². The quantitative estimate of drug-likeness (QED) is 0.378. The van der Waals surface area contributed by atoms with E-state index in [1.165, 1.54) is 18.5 Å². The number of benzene rings is 1. The minimum absolute atomic E-state index is 0.0832. The van der Waals surface area contributed by atoms with Gasteiger partial charge in [-0.1, -0.05) is 6.07 Å². The minimum Gasteiger partial charge on any atom is -0.430 e. The van der Waals surface area contributed by atoms with Gasteiger partial charge in [0.1, 0.15) is 11.5 Å². The van der Waals surface area contributed by atoms with E-state index in [0.29, 0.717) is 0 Å². The molecule has 0 atom stereocenters. The molecule has 2 rings (SSSR count). The standard InChI is InChI=1S/C12H11N5O3/c1-7-2-3-9(17(18)19)10(4-7)20-11-6-15-8(5-16-11)12(13)14/h2-6H,1H3,(H3,13,14). The molecule has 0 bridgehead atoms. The minimum atomic E-state index is -0.536. The lowest BCUT2D eigenvalue weighted by molar-refractivity contribution is -0.385. The molecule has 0 unspecified atom stereocenters. The molecule has 0 aliphatic rings. The van der Waals surface area contributed by atoms with Crippen LogP contribution in [0.2, 0.25) is 0 Å². The number of aryl methyl sites for hydroxylation is 1. The van der Waals surface area contributed by atoms with Gasteiger partial charge in [0.2, 0.25) is 11.6 Å². The summed E-state index contributed by atoms with van der Waals surface area (Å²) >= 11 is 0. The summed E-state index contributed by atoms with van der Waals surface area (Å²) in [7, 11) is 0. The van der Waals surface area contributed by atoms with Gasteiger partial charge in [0.05, 0.1) is 17.3 Å². The highest BCUT2D eigenvalue weighted by Gasteiger charge is 2.16. The van der Waals surface area contributed by atoms with Crippen molar-refractivity contribution in [3.8, 4) is 11.6 Å². The Morgan fingerprint density at radius 2 is 2.15 bits per heavy atom. The summed E-state index contributed by atoms with van der Waals surface area (Å²) in [6.45, 7) is 1.79. The lowest BCUT2D eigenvalue weighted by Gasteiger charge is -2.06. The summed E-state index contributed by atoms with van der Waals surface area (Å²) in [5, 5.41) is 18.1. The zero-order valence-electron chi connectivity index (χ0n) is 10.5. The fourth-order valence-corrected chi connectivity index (χ4v) is 1.47. The number of nitro benzene ring substituents is 1. The second kappa shape index (κ2) is 5.31. The Bertz CT molecular complexity index is 669. The third-order valence-electron chi connectivity index (χ3n) is 2.43. The van der Waals surface area contributed by atoms with Crippen molar-refractivity contribution in [2.24, 2.45) is 5.73 Å². The smallest absolute Gasteiger partial charge is 0.311 e. The number of hydrogen-bond acceptors (Lipinski definition) is 6. The van der Waals surface area contributed by atoms with Gasteiger partial charge in [-0.05, 0) is 18.6 Å². The number of rotatable bonds is 4. The number of hydrogen-bond donors (Lipinski definition) is 2. The summed E-state index contributed by atoms with van der Waals surface area (Å²) in [6, 6.07) is 4.52. The van der Waals surface area contributed by atoms with Gasteiger partial charge in [-0.2, -0.15) is 0 Å². The Balaban J connectivity index is 2.31. The van der Waals surface area contributed by atoms with Crippen molar-refractivity contribution in [1.82, 2.24) is 9.97 Å². The molecule has 0 aliphatic heterocycles. The number of nitrogens with zero attached hydrogens (tertiary/aromatic N) is 3. The van der Waals surface area contributed by atoms with Crippen molar-refractivity contribution in [2.75, 3.05) is 0 Å². The molecule has 1 heterocycles. The van der Waals surface area contributed by atoms with Crippen molar-refractivity contribution in [3.63, 3.8) is 0 Å². The molecule has 8 nitrogen and oxygen atoms in total. The fourth-order valence-electron chi connectivity index (χ4n) is 1.47. The van der Waals surface area contributed by atoms with Gasteiger partial charge < -0.3 is 10.5 Å². The van der Waals surface area contributed by atoms with Crippen LogP contribution in [0.25, 0.3) is 0 Å². The summed E-state index contributed by atoms with van der Waals surface area (Å²) in [5.41, 5.74) is 6.11. The number of ether oxygens (including phenoxy) is 1. The highest BCUT2D eigenvalue weighted by molar-refractivity contribution is 5.92. The molecule has 1 aromatic heterocycles. The van der Waals surface area contributed by atoms with Crippen LogP contribution in [0.3, 0.4) is 0 Å². The van der Waals surface area contributed by atoms with Crippen LogP contribution in [0.15, 0.2) is 30.6 Å². The SMILES string of the molecule is Cc1ccc([N+](=O)[O-])c(Oc2cnc(C(=N)N)cn2)c1. The summed E-state index contributed by atoms with van der Waals surface area (Å²) in [4.78, 5) is 18.1. The Morgan fingerprint density at radius 1 is 1.40 bits per heavy atom. The number of nitro groups is 1. The molecular formula is C12H11N5O3. The van der Waals surface area contributed by atoms with Crippen molar-refractivity contribution < 1.29 is 9.66 Å². The highest BCUT2D eigenvalue weighted by Crippen LogP contribution is 2.30. The summed E-state index contributed by atoms with van der Waals surface area (Å²) < 4.78 is 5.36. The molecule has 0 saturated heterocycles. The molecule has 2 aromatic rings. The topological polar surface area (TPSA) is 128 Å². The molecule has 0 saturated carbocycles. The molecule has 0 amide bonds. The summed E-state index contributed by atoms with van der Waals surface area (Å²) in [6.07, 6.45) is 2.52. The zero-order chi connectivity index (χ0) is 14.7. The highest BCUT2D eigenvalue weighted by atomic mass is 16.6. The van der Waals surface area contributed by atoms with Crippen LogP contribution in [0.4, 0.5) is 5.69 Å². The van der Waals surface area contributed by atoms with Crippen LogP contribution in [-0.2, 0) is 0 Å². The normalized spacial score (nSPS) is 10.1. The first kappa shape index (κ1) is 13.4. The van der Waals surface area contributed by atoms with Gasteiger partial charge in [-0.25, -0.2) is 9.97 Å². The first-order valence-electron chi connectivity index (χ1n) is 5.56. The molecule has 1 aromatic carbocycles. The van der Waals surface area contributed by atoms with Crippen molar-refractivity contribution in [1.29, 1.82) is 5.41 Å². The Kier molecular flexibility index (Phi) is 3.56. The predicted octanol–water partition coefficient (Wildman–Crippen LogP) is 1.77. The maximum Gasteiger partial charge on any atom is 0.311 e. The number of nitrogens with two attached hydrogens (primary N) is 1. The number of aromatic nitrogens is 2. The van der Waals surface area contributed by atoms with E-state index in [2.05, 4.69) is 9.97 Å². The molecule has 102 valence electrons. The summed E-state index contributed by atoms with van der Waals surface area (Å²) in [5.74, 6) is -0.0471. The maximum absolute atomic E-state index is 10.9. The van der Waals surface area contributed by atoms with Crippen LogP contribution in [0.1, 0.15) is 11.3 Å². The van der Waals surface area contributed by atoms with E-state index in [-0.39, 0.29) is 28.8 Å². The number of amidine groups is 1. The Labute approximate surface area is 113 Å². The molecule has 0 spiro atoms. The van der Waals surface area contributed by atoms with Gasteiger partial charge in [-0.15, -0.1) is 0 Å². The second-order valence-corrected chi connectivity index (χ2v) is 3.98. The lowest BCUT2D eigenvalue weighted by Crippen LogP contribution is -2.13. The average molecular weight is 273 g/mol. The van der Waals surface area contributed by atoms with Crippen molar-refractivity contribution in [3.05, 3.63) is 52.0 Å². The average Bonchev–Trinajstić information content (AvgIpc) is 2.39. The van der Waals surface area contributed by atoms with Crippen molar-refractivity contribution >= 4 is 11.5 Å². The van der Waals surface area contributed by atoms with Crippen LogP contribution in [-0.4, -0.2) is 20.7 Å². The predicted molar refractivity (Wildman–Crippen MR) is 71.0 cm³/mol. The van der Waals surface area contributed by atoms with Gasteiger partial charge in [0, 0.05) is 6.07 Å². The van der Waals surface area contributed by atoms with E-state index in [1.54, 1.807) is 19.1 Å². The van der Waals surface area contributed by atoms with Gasteiger partial charge in [0.25, 0.3) is 0 Å². The molecular weight excluding hydrogens is 262 g/mol. The Morgan fingerprint density at radius 3 is 2.70 bits per heavy atom. The fraction of sp³-hybridized carbons (Fsp3) is 0.0833. The first-order valence-corrected chi connectivity index (χ1v) is 5.56. The lowest BCUT2D eigenvalue weighted by atomic mass is 10.2. The third-order valence-corrected chi connectivity index (χ3v) is 2.43. The molecule has 0 radical (unpaired) electrons. The molecule has 0 aliphatic carbocycles.